The molecule has 0 radical (unpaired) electrons. The molecule has 2 aliphatic heterocycles. The monoisotopic (exact) mass is 260 g/mol. The van der Waals surface area contributed by atoms with E-state index in [4.69, 9.17) is 5.10 Å². The third-order valence-electron chi connectivity index (χ3n) is 4.11. The molecule has 1 N–H and O–H groups in total. The van der Waals surface area contributed by atoms with Crippen LogP contribution in [0.3, 0.4) is 0 Å². The van der Waals surface area contributed by atoms with Crippen molar-refractivity contribution in [2.24, 2.45) is 0 Å². The standard InChI is InChI=1S/C15H24N4/c1-2-3-5-14-6-4-8-18(14)12-13-10-15-11-16-7-9-19(15)17-13/h4,6,10,14,16H,2-3,5,7-9,11-12H2,1H3/t14-/m1/s1. The van der Waals surface area contributed by atoms with Crippen LogP contribution in [0.4, 0.5) is 0 Å². The van der Waals surface area contributed by atoms with E-state index in [1.807, 2.05) is 0 Å². The number of nitrogens with zero attached hydrogens (tertiary/aromatic N) is 3. The molecule has 0 spiro atoms. The number of hydrogen-bond acceptors (Lipinski definition) is 3. The van der Waals surface area contributed by atoms with E-state index >= 15 is 0 Å². The highest BCUT2D eigenvalue weighted by Gasteiger charge is 2.21. The molecule has 1 aromatic rings. The van der Waals surface area contributed by atoms with Gasteiger partial charge in [0.25, 0.3) is 0 Å². The van der Waals surface area contributed by atoms with E-state index in [-0.39, 0.29) is 0 Å². The highest BCUT2D eigenvalue weighted by atomic mass is 15.3. The van der Waals surface area contributed by atoms with Crippen molar-refractivity contribution in [3.63, 3.8) is 0 Å². The predicted molar refractivity (Wildman–Crippen MR) is 76.8 cm³/mol. The smallest absolute Gasteiger partial charge is 0.0768 e. The van der Waals surface area contributed by atoms with Crippen LogP contribution in [0.5, 0.6) is 0 Å². The zero-order valence-corrected chi connectivity index (χ0v) is 11.8. The molecule has 4 nitrogen and oxygen atoms in total. The number of fused-ring (bicyclic) bond motifs is 1. The molecule has 0 amide bonds. The SMILES string of the molecule is CCCC[C@@H]1C=CCN1Cc1cc2n(n1)CCNC2. The van der Waals surface area contributed by atoms with E-state index in [1.165, 1.54) is 30.7 Å². The van der Waals surface area contributed by atoms with Crippen molar-refractivity contribution in [2.45, 2.75) is 51.9 Å². The Bertz CT molecular complexity index is 425. The van der Waals surface area contributed by atoms with E-state index in [9.17, 15) is 0 Å². The molecule has 0 aromatic carbocycles. The van der Waals surface area contributed by atoms with E-state index in [1.54, 1.807) is 0 Å². The van der Waals surface area contributed by atoms with Crippen LogP contribution in [0.2, 0.25) is 0 Å². The van der Waals surface area contributed by atoms with Gasteiger partial charge < -0.3 is 5.32 Å². The average Bonchev–Trinajstić information content (AvgIpc) is 3.02. The lowest BCUT2D eigenvalue weighted by Crippen LogP contribution is -2.30. The van der Waals surface area contributed by atoms with Gasteiger partial charge in [-0.05, 0) is 12.5 Å². The quantitative estimate of drug-likeness (QED) is 0.821. The molecule has 3 rings (SSSR count). The summed E-state index contributed by atoms with van der Waals surface area (Å²) >= 11 is 0. The van der Waals surface area contributed by atoms with Crippen LogP contribution in [0.1, 0.15) is 37.6 Å². The number of hydrogen-bond donors (Lipinski definition) is 1. The molecule has 0 aliphatic carbocycles. The summed E-state index contributed by atoms with van der Waals surface area (Å²) in [5.74, 6) is 0. The van der Waals surface area contributed by atoms with Crippen LogP contribution >= 0.6 is 0 Å². The lowest BCUT2D eigenvalue weighted by Gasteiger charge is -2.23. The van der Waals surface area contributed by atoms with Crippen molar-refractivity contribution in [3.8, 4) is 0 Å². The zero-order valence-electron chi connectivity index (χ0n) is 11.8. The molecule has 3 heterocycles. The van der Waals surface area contributed by atoms with Gasteiger partial charge in [0.1, 0.15) is 0 Å². The summed E-state index contributed by atoms with van der Waals surface area (Å²) in [5, 5.41) is 8.13. The first kappa shape index (κ1) is 12.9. The summed E-state index contributed by atoms with van der Waals surface area (Å²) < 4.78 is 2.16. The number of aromatic nitrogens is 2. The van der Waals surface area contributed by atoms with Crippen LogP contribution in [0.25, 0.3) is 0 Å². The van der Waals surface area contributed by atoms with Crippen molar-refractivity contribution >= 4 is 0 Å². The van der Waals surface area contributed by atoms with Crippen molar-refractivity contribution < 1.29 is 0 Å². The maximum Gasteiger partial charge on any atom is 0.0768 e. The Balaban J connectivity index is 1.62. The second-order valence-corrected chi connectivity index (χ2v) is 5.59. The van der Waals surface area contributed by atoms with Crippen molar-refractivity contribution in [1.29, 1.82) is 0 Å². The zero-order chi connectivity index (χ0) is 13.1. The first-order valence-electron chi connectivity index (χ1n) is 7.54. The van der Waals surface area contributed by atoms with Gasteiger partial charge in [0.05, 0.1) is 17.9 Å². The van der Waals surface area contributed by atoms with Crippen LogP contribution in [-0.4, -0.2) is 33.8 Å². The Morgan fingerprint density at radius 3 is 3.26 bits per heavy atom. The van der Waals surface area contributed by atoms with Gasteiger partial charge in [0.15, 0.2) is 0 Å². The van der Waals surface area contributed by atoms with E-state index in [0.717, 1.165) is 32.7 Å². The predicted octanol–water partition coefficient (Wildman–Crippen LogP) is 1.92. The molecule has 2 aliphatic rings. The van der Waals surface area contributed by atoms with Gasteiger partial charge in [-0.15, -0.1) is 0 Å². The average molecular weight is 260 g/mol. The molecule has 104 valence electrons. The first-order chi connectivity index (χ1) is 9.36. The summed E-state index contributed by atoms with van der Waals surface area (Å²) in [7, 11) is 0. The lowest BCUT2D eigenvalue weighted by molar-refractivity contribution is 0.246. The topological polar surface area (TPSA) is 33.1 Å². The van der Waals surface area contributed by atoms with E-state index in [2.05, 4.69) is 40.0 Å². The summed E-state index contributed by atoms with van der Waals surface area (Å²) in [6.07, 6.45) is 8.55. The van der Waals surface area contributed by atoms with Crippen LogP contribution in [0, 0.1) is 0 Å². The van der Waals surface area contributed by atoms with Crippen LogP contribution < -0.4 is 5.32 Å². The first-order valence-corrected chi connectivity index (χ1v) is 7.54. The van der Waals surface area contributed by atoms with E-state index in [0.29, 0.717) is 6.04 Å². The fourth-order valence-corrected chi connectivity index (χ4v) is 3.02. The number of unbranched alkanes of at least 4 members (excludes halogenated alkanes) is 1. The summed E-state index contributed by atoms with van der Waals surface area (Å²) in [6.45, 7) is 7.34. The molecular weight excluding hydrogens is 236 g/mol. The van der Waals surface area contributed by atoms with Crippen molar-refractivity contribution in [1.82, 2.24) is 20.0 Å². The van der Waals surface area contributed by atoms with Gasteiger partial charge >= 0.3 is 0 Å². The minimum absolute atomic E-state index is 0.622. The fraction of sp³-hybridized carbons (Fsp3) is 0.667. The van der Waals surface area contributed by atoms with E-state index < -0.39 is 0 Å². The normalized spacial score (nSPS) is 22.9. The molecule has 0 fully saturated rings. The van der Waals surface area contributed by atoms with Gasteiger partial charge in [-0.1, -0.05) is 31.9 Å². The van der Waals surface area contributed by atoms with Crippen molar-refractivity contribution in [2.75, 3.05) is 13.1 Å². The molecule has 0 saturated carbocycles. The lowest BCUT2D eigenvalue weighted by atomic mass is 10.1. The Kier molecular flexibility index (Phi) is 3.99. The molecule has 0 bridgehead atoms. The summed E-state index contributed by atoms with van der Waals surface area (Å²) in [5.41, 5.74) is 2.56. The van der Waals surface area contributed by atoms with Gasteiger partial charge in [0.2, 0.25) is 0 Å². The second kappa shape index (κ2) is 5.88. The third-order valence-corrected chi connectivity index (χ3v) is 4.11. The Hall–Kier alpha value is -1.13. The van der Waals surface area contributed by atoms with Crippen molar-refractivity contribution in [3.05, 3.63) is 29.6 Å². The minimum Gasteiger partial charge on any atom is -0.309 e. The molecule has 1 aromatic heterocycles. The fourth-order valence-electron chi connectivity index (χ4n) is 3.02. The van der Waals surface area contributed by atoms with Gasteiger partial charge in [-0.3, -0.25) is 9.58 Å². The molecule has 19 heavy (non-hydrogen) atoms. The van der Waals surface area contributed by atoms with Gasteiger partial charge in [0, 0.05) is 32.2 Å². The molecule has 1 atom stereocenters. The second-order valence-electron chi connectivity index (χ2n) is 5.59. The minimum atomic E-state index is 0.622. The van der Waals surface area contributed by atoms with Crippen LogP contribution in [-0.2, 0) is 19.6 Å². The molecule has 4 heteroatoms. The number of rotatable bonds is 5. The largest absolute Gasteiger partial charge is 0.309 e. The maximum atomic E-state index is 4.74. The highest BCUT2D eigenvalue weighted by Crippen LogP contribution is 2.19. The van der Waals surface area contributed by atoms with Crippen LogP contribution in [0.15, 0.2) is 18.2 Å². The maximum absolute atomic E-state index is 4.74. The third kappa shape index (κ3) is 2.90. The number of nitrogens with one attached hydrogen (secondary N) is 1. The Morgan fingerprint density at radius 2 is 2.42 bits per heavy atom. The van der Waals surface area contributed by atoms with Gasteiger partial charge in [-0.25, -0.2) is 0 Å². The Labute approximate surface area is 115 Å². The molecule has 0 saturated heterocycles. The summed E-state index contributed by atoms with van der Waals surface area (Å²) in [4.78, 5) is 2.54. The molecular formula is C15H24N4. The summed E-state index contributed by atoms with van der Waals surface area (Å²) in [6, 6.07) is 2.89. The Morgan fingerprint density at radius 1 is 1.47 bits per heavy atom. The molecule has 0 unspecified atom stereocenters. The van der Waals surface area contributed by atoms with Gasteiger partial charge in [-0.2, -0.15) is 5.10 Å². The highest BCUT2D eigenvalue weighted by molar-refractivity contribution is 5.14.